The Kier molecular flexibility index (Phi) is 8.44. The van der Waals surface area contributed by atoms with Crippen LogP contribution in [0, 0.1) is 0 Å². The van der Waals surface area contributed by atoms with Crippen LogP contribution in [0.1, 0.15) is 48.5 Å². The number of phenols is 1. The van der Waals surface area contributed by atoms with E-state index in [-0.39, 0.29) is 17.6 Å². The third kappa shape index (κ3) is 5.79. The van der Waals surface area contributed by atoms with Crippen molar-refractivity contribution in [2.75, 3.05) is 26.7 Å². The van der Waals surface area contributed by atoms with Crippen LogP contribution in [0.15, 0.2) is 59.0 Å². The van der Waals surface area contributed by atoms with E-state index in [2.05, 4.69) is 10.2 Å². The van der Waals surface area contributed by atoms with Crippen molar-refractivity contribution in [3.05, 3.63) is 65.7 Å². The van der Waals surface area contributed by atoms with Crippen LogP contribution >= 0.6 is 0 Å². The number of ether oxygens (including phenoxy) is 1. The highest BCUT2D eigenvalue weighted by molar-refractivity contribution is 6.12. The number of benzene rings is 2. The lowest BCUT2D eigenvalue weighted by Crippen LogP contribution is -2.30. The number of likely N-dealkylation sites (tertiary alicyclic amines) is 1. The van der Waals surface area contributed by atoms with Crippen LogP contribution in [0.3, 0.4) is 0 Å². The molecule has 1 amide bonds. The summed E-state index contributed by atoms with van der Waals surface area (Å²) in [6, 6.07) is 13.3. The van der Waals surface area contributed by atoms with E-state index >= 15 is 0 Å². The standard InChI is InChI=1S/C29H34N2O5/c1-3-35-25(33)15-7-13-22-14-9-17-31(22)16-8-12-21-18-23(32)19-24-26(21)27(29(34)30-2)28(36-24)20-10-5-4-6-11-20/h4-7,10-11,15,18-19,22,32H,3,8-9,12-14,16-17H2,1-2H3,(H,30,34)/b15-7+. The highest BCUT2D eigenvalue weighted by atomic mass is 16.5. The minimum Gasteiger partial charge on any atom is -0.508 e. The van der Waals surface area contributed by atoms with Crippen LogP contribution in [-0.2, 0) is 16.0 Å². The van der Waals surface area contributed by atoms with Crippen molar-refractivity contribution in [1.29, 1.82) is 0 Å². The zero-order chi connectivity index (χ0) is 25.5. The van der Waals surface area contributed by atoms with Gasteiger partial charge in [0.15, 0.2) is 0 Å². The van der Waals surface area contributed by atoms with Gasteiger partial charge in [0, 0.05) is 36.2 Å². The first kappa shape index (κ1) is 25.5. The molecule has 1 aromatic heterocycles. The molecule has 4 rings (SSSR count). The Hall–Kier alpha value is -3.58. The van der Waals surface area contributed by atoms with Gasteiger partial charge in [0.2, 0.25) is 0 Å². The van der Waals surface area contributed by atoms with Gasteiger partial charge in [0.25, 0.3) is 5.91 Å². The Morgan fingerprint density at radius 1 is 1.25 bits per heavy atom. The van der Waals surface area contributed by atoms with Crippen LogP contribution in [0.5, 0.6) is 5.75 Å². The summed E-state index contributed by atoms with van der Waals surface area (Å²) in [6.45, 7) is 4.11. The van der Waals surface area contributed by atoms with E-state index in [4.69, 9.17) is 9.15 Å². The van der Waals surface area contributed by atoms with Gasteiger partial charge in [-0.2, -0.15) is 0 Å². The summed E-state index contributed by atoms with van der Waals surface area (Å²) in [5.41, 5.74) is 2.71. The number of aromatic hydroxyl groups is 1. The molecular formula is C29H34N2O5. The molecule has 0 radical (unpaired) electrons. The van der Waals surface area contributed by atoms with Gasteiger partial charge in [-0.25, -0.2) is 4.79 Å². The largest absolute Gasteiger partial charge is 0.508 e. The smallest absolute Gasteiger partial charge is 0.330 e. The molecule has 2 N–H and O–H groups in total. The van der Waals surface area contributed by atoms with Crippen molar-refractivity contribution >= 4 is 22.8 Å². The van der Waals surface area contributed by atoms with Gasteiger partial charge in [0.1, 0.15) is 17.1 Å². The second-order valence-electron chi connectivity index (χ2n) is 9.06. The first-order valence-electron chi connectivity index (χ1n) is 12.6. The molecule has 0 aliphatic carbocycles. The number of carbonyl (C=O) groups excluding carboxylic acids is 2. The second-order valence-corrected chi connectivity index (χ2v) is 9.06. The molecule has 2 aromatic carbocycles. The number of furan rings is 1. The minimum absolute atomic E-state index is 0.123. The first-order valence-corrected chi connectivity index (χ1v) is 12.6. The zero-order valence-electron chi connectivity index (χ0n) is 21.0. The summed E-state index contributed by atoms with van der Waals surface area (Å²) in [6.07, 6.45) is 8.06. The third-order valence-corrected chi connectivity index (χ3v) is 6.69. The number of amides is 1. The van der Waals surface area contributed by atoms with E-state index in [1.807, 2.05) is 36.4 Å². The van der Waals surface area contributed by atoms with Crippen LogP contribution in [0.2, 0.25) is 0 Å². The molecule has 7 heteroatoms. The summed E-state index contributed by atoms with van der Waals surface area (Å²) in [5.74, 6) is 0.117. The van der Waals surface area contributed by atoms with Crippen molar-refractivity contribution in [1.82, 2.24) is 10.2 Å². The molecule has 7 nitrogen and oxygen atoms in total. The van der Waals surface area contributed by atoms with E-state index in [0.717, 1.165) is 55.3 Å². The molecule has 190 valence electrons. The van der Waals surface area contributed by atoms with E-state index < -0.39 is 0 Å². The quantitative estimate of drug-likeness (QED) is 0.305. The minimum atomic E-state index is -0.295. The monoisotopic (exact) mass is 490 g/mol. The number of carbonyl (C=O) groups is 2. The molecule has 1 aliphatic rings. The fourth-order valence-electron chi connectivity index (χ4n) is 5.07. The Morgan fingerprint density at radius 2 is 2.06 bits per heavy atom. The average molecular weight is 491 g/mol. The number of aryl methyl sites for hydroxylation is 1. The van der Waals surface area contributed by atoms with Crippen LogP contribution in [0.4, 0.5) is 0 Å². The molecule has 0 saturated carbocycles. The number of nitrogens with zero attached hydrogens (tertiary/aromatic N) is 1. The Balaban J connectivity index is 1.52. The molecule has 1 saturated heterocycles. The summed E-state index contributed by atoms with van der Waals surface area (Å²) < 4.78 is 11.1. The lowest BCUT2D eigenvalue weighted by Gasteiger charge is -2.23. The molecule has 1 atom stereocenters. The molecule has 3 aromatic rings. The van der Waals surface area contributed by atoms with Gasteiger partial charge in [-0.15, -0.1) is 0 Å². The Morgan fingerprint density at radius 3 is 2.81 bits per heavy atom. The molecular weight excluding hydrogens is 456 g/mol. The van der Waals surface area contributed by atoms with Gasteiger partial charge in [-0.1, -0.05) is 36.4 Å². The van der Waals surface area contributed by atoms with E-state index in [1.54, 1.807) is 26.1 Å². The van der Waals surface area contributed by atoms with Crippen LogP contribution in [0.25, 0.3) is 22.3 Å². The SMILES string of the molecule is CCOC(=O)/C=C/CC1CCCN1CCCc1cc(O)cc2oc(-c3ccccc3)c(C(=O)NC)c12. The Bertz CT molecular complexity index is 1230. The number of nitrogens with one attached hydrogen (secondary N) is 1. The molecule has 0 spiro atoms. The maximum atomic E-state index is 13.0. The molecule has 36 heavy (non-hydrogen) atoms. The Labute approximate surface area is 211 Å². The van der Waals surface area contributed by atoms with Crippen molar-refractivity contribution in [3.8, 4) is 17.1 Å². The number of fused-ring (bicyclic) bond motifs is 1. The fraction of sp³-hybridized carbons (Fsp3) is 0.379. The molecule has 1 fully saturated rings. The summed E-state index contributed by atoms with van der Waals surface area (Å²) in [4.78, 5) is 27.0. The maximum Gasteiger partial charge on any atom is 0.330 e. The first-order chi connectivity index (χ1) is 17.5. The van der Waals surface area contributed by atoms with E-state index in [1.165, 1.54) is 6.08 Å². The predicted octanol–water partition coefficient (Wildman–Crippen LogP) is 5.07. The summed E-state index contributed by atoms with van der Waals surface area (Å²) in [5, 5.41) is 13.9. The summed E-state index contributed by atoms with van der Waals surface area (Å²) in [7, 11) is 1.61. The molecule has 0 bridgehead atoms. The number of esters is 1. The zero-order valence-corrected chi connectivity index (χ0v) is 21.0. The van der Waals surface area contributed by atoms with E-state index in [9.17, 15) is 14.7 Å². The molecule has 1 aliphatic heterocycles. The molecule has 1 unspecified atom stereocenters. The average Bonchev–Trinajstić information content (AvgIpc) is 3.48. The van der Waals surface area contributed by atoms with Crippen molar-refractivity contribution in [2.45, 2.75) is 45.1 Å². The second kappa shape index (κ2) is 11.9. The van der Waals surface area contributed by atoms with Gasteiger partial charge < -0.3 is 24.5 Å². The highest BCUT2D eigenvalue weighted by Gasteiger charge is 2.26. The number of phenolic OH excluding ortho intramolecular Hbond substituents is 1. The lowest BCUT2D eigenvalue weighted by atomic mass is 9.98. The number of rotatable bonds is 10. The lowest BCUT2D eigenvalue weighted by molar-refractivity contribution is -0.137. The van der Waals surface area contributed by atoms with Crippen LogP contribution in [-0.4, -0.2) is 54.7 Å². The maximum absolute atomic E-state index is 13.0. The van der Waals surface area contributed by atoms with Gasteiger partial charge in [-0.05, 0) is 63.7 Å². The predicted molar refractivity (Wildman–Crippen MR) is 140 cm³/mol. The number of hydrogen-bond donors (Lipinski definition) is 2. The van der Waals surface area contributed by atoms with Gasteiger partial charge >= 0.3 is 5.97 Å². The topological polar surface area (TPSA) is 92.0 Å². The van der Waals surface area contributed by atoms with Crippen molar-refractivity contribution < 1.29 is 23.8 Å². The van der Waals surface area contributed by atoms with Crippen molar-refractivity contribution in [3.63, 3.8) is 0 Å². The van der Waals surface area contributed by atoms with Gasteiger partial charge in [0.05, 0.1) is 12.2 Å². The summed E-state index contributed by atoms with van der Waals surface area (Å²) >= 11 is 0. The number of hydrogen-bond acceptors (Lipinski definition) is 6. The highest BCUT2D eigenvalue weighted by Crippen LogP contribution is 2.38. The third-order valence-electron chi connectivity index (χ3n) is 6.69. The van der Waals surface area contributed by atoms with Gasteiger partial charge in [-0.3, -0.25) is 4.79 Å². The molecule has 2 heterocycles. The van der Waals surface area contributed by atoms with E-state index in [0.29, 0.717) is 36.0 Å². The fourth-order valence-corrected chi connectivity index (χ4v) is 5.07. The van der Waals surface area contributed by atoms with Crippen LogP contribution < -0.4 is 5.32 Å². The normalized spacial score (nSPS) is 16.1. The van der Waals surface area contributed by atoms with Crippen molar-refractivity contribution in [2.24, 2.45) is 0 Å².